The van der Waals surface area contributed by atoms with Crippen LogP contribution in [-0.2, 0) is 11.2 Å². The summed E-state index contributed by atoms with van der Waals surface area (Å²) in [6, 6.07) is 8.86. The molecule has 0 aliphatic carbocycles. The zero-order valence-corrected chi connectivity index (χ0v) is 10.9. The Labute approximate surface area is 104 Å². The van der Waals surface area contributed by atoms with Crippen LogP contribution < -0.4 is 5.73 Å². The Morgan fingerprint density at radius 3 is 2.59 bits per heavy atom. The molecule has 1 heterocycles. The van der Waals surface area contributed by atoms with Crippen molar-refractivity contribution < 1.29 is 4.74 Å². The third-order valence-corrected chi connectivity index (χ3v) is 3.47. The molecule has 2 rings (SSSR count). The van der Waals surface area contributed by atoms with Crippen molar-refractivity contribution in [1.82, 2.24) is 0 Å². The van der Waals surface area contributed by atoms with E-state index in [1.54, 1.807) is 0 Å². The van der Waals surface area contributed by atoms with Crippen molar-refractivity contribution in [2.75, 3.05) is 13.2 Å². The van der Waals surface area contributed by atoms with Gasteiger partial charge in [-0.25, -0.2) is 0 Å². The lowest BCUT2D eigenvalue weighted by Crippen LogP contribution is -2.17. The van der Waals surface area contributed by atoms with Crippen molar-refractivity contribution >= 4 is 0 Å². The van der Waals surface area contributed by atoms with Gasteiger partial charge in [-0.15, -0.1) is 0 Å². The van der Waals surface area contributed by atoms with Crippen LogP contribution in [0, 0.1) is 11.8 Å². The first-order valence-electron chi connectivity index (χ1n) is 6.61. The van der Waals surface area contributed by atoms with Gasteiger partial charge in [-0.2, -0.15) is 0 Å². The molecule has 2 heteroatoms. The highest BCUT2D eigenvalue weighted by molar-refractivity contribution is 5.25. The maximum atomic E-state index is 5.78. The maximum Gasteiger partial charge on any atom is 0.0865 e. The van der Waals surface area contributed by atoms with Crippen LogP contribution in [0.2, 0.25) is 0 Å². The minimum atomic E-state index is 0.216. The SMILES string of the molecule is CC(C)Cc1ccc(C2OCCC2CN)cc1. The van der Waals surface area contributed by atoms with E-state index in [9.17, 15) is 0 Å². The van der Waals surface area contributed by atoms with Crippen molar-refractivity contribution in [1.29, 1.82) is 0 Å². The average Bonchev–Trinajstić information content (AvgIpc) is 2.77. The summed E-state index contributed by atoms with van der Waals surface area (Å²) >= 11 is 0. The largest absolute Gasteiger partial charge is 0.373 e. The van der Waals surface area contributed by atoms with Gasteiger partial charge in [0.25, 0.3) is 0 Å². The number of ether oxygens (including phenoxy) is 1. The van der Waals surface area contributed by atoms with Crippen molar-refractivity contribution in [3.05, 3.63) is 35.4 Å². The van der Waals surface area contributed by atoms with Crippen LogP contribution in [0.5, 0.6) is 0 Å². The van der Waals surface area contributed by atoms with Crippen LogP contribution in [0.4, 0.5) is 0 Å². The molecule has 1 fully saturated rings. The van der Waals surface area contributed by atoms with Gasteiger partial charge >= 0.3 is 0 Å². The topological polar surface area (TPSA) is 35.2 Å². The van der Waals surface area contributed by atoms with E-state index in [0.717, 1.165) is 26.0 Å². The Morgan fingerprint density at radius 2 is 2.00 bits per heavy atom. The van der Waals surface area contributed by atoms with Crippen LogP contribution in [0.25, 0.3) is 0 Å². The second-order valence-electron chi connectivity index (χ2n) is 5.42. The fourth-order valence-electron chi connectivity index (χ4n) is 2.56. The number of nitrogens with two attached hydrogens (primary N) is 1. The molecule has 2 nitrogen and oxygen atoms in total. The Morgan fingerprint density at radius 1 is 1.29 bits per heavy atom. The Balaban J connectivity index is 2.07. The van der Waals surface area contributed by atoms with Gasteiger partial charge in [-0.05, 0) is 36.4 Å². The van der Waals surface area contributed by atoms with E-state index in [2.05, 4.69) is 38.1 Å². The van der Waals surface area contributed by atoms with Gasteiger partial charge in [0, 0.05) is 12.5 Å². The van der Waals surface area contributed by atoms with Gasteiger partial charge in [0.1, 0.15) is 0 Å². The monoisotopic (exact) mass is 233 g/mol. The fraction of sp³-hybridized carbons (Fsp3) is 0.600. The first kappa shape index (κ1) is 12.6. The lowest BCUT2D eigenvalue weighted by Gasteiger charge is -2.17. The zero-order valence-electron chi connectivity index (χ0n) is 10.9. The highest BCUT2D eigenvalue weighted by Gasteiger charge is 2.28. The molecule has 1 aliphatic heterocycles. The molecule has 2 atom stereocenters. The van der Waals surface area contributed by atoms with E-state index in [1.165, 1.54) is 11.1 Å². The number of benzene rings is 1. The van der Waals surface area contributed by atoms with Gasteiger partial charge < -0.3 is 10.5 Å². The molecule has 1 aromatic carbocycles. The van der Waals surface area contributed by atoms with Crippen LogP contribution >= 0.6 is 0 Å². The molecule has 0 spiro atoms. The predicted octanol–water partition coefficient (Wildman–Crippen LogP) is 2.92. The van der Waals surface area contributed by atoms with Crippen molar-refractivity contribution in [3.8, 4) is 0 Å². The van der Waals surface area contributed by atoms with Gasteiger partial charge in [0.2, 0.25) is 0 Å². The van der Waals surface area contributed by atoms with Crippen LogP contribution in [-0.4, -0.2) is 13.2 Å². The molecule has 0 amide bonds. The second-order valence-corrected chi connectivity index (χ2v) is 5.42. The molecule has 1 aromatic rings. The normalized spacial score (nSPS) is 24.5. The molecule has 94 valence electrons. The summed E-state index contributed by atoms with van der Waals surface area (Å²) < 4.78 is 5.78. The van der Waals surface area contributed by atoms with Gasteiger partial charge in [0.15, 0.2) is 0 Å². The molecular weight excluding hydrogens is 210 g/mol. The summed E-state index contributed by atoms with van der Waals surface area (Å²) in [4.78, 5) is 0. The third kappa shape index (κ3) is 3.08. The van der Waals surface area contributed by atoms with E-state index >= 15 is 0 Å². The fourth-order valence-corrected chi connectivity index (χ4v) is 2.56. The number of hydrogen-bond donors (Lipinski definition) is 1. The minimum absolute atomic E-state index is 0.216. The molecule has 2 unspecified atom stereocenters. The molecular formula is C15H23NO. The number of hydrogen-bond acceptors (Lipinski definition) is 2. The molecule has 1 aliphatic rings. The molecule has 0 saturated carbocycles. The van der Waals surface area contributed by atoms with E-state index in [4.69, 9.17) is 10.5 Å². The Bertz CT molecular complexity index is 344. The Hall–Kier alpha value is -0.860. The summed E-state index contributed by atoms with van der Waals surface area (Å²) in [5.74, 6) is 1.20. The zero-order chi connectivity index (χ0) is 12.3. The van der Waals surface area contributed by atoms with E-state index in [-0.39, 0.29) is 6.10 Å². The van der Waals surface area contributed by atoms with E-state index in [1.807, 2.05) is 0 Å². The summed E-state index contributed by atoms with van der Waals surface area (Å²) in [7, 11) is 0. The lowest BCUT2D eigenvalue weighted by molar-refractivity contribution is 0.0925. The van der Waals surface area contributed by atoms with Crippen LogP contribution in [0.15, 0.2) is 24.3 Å². The quantitative estimate of drug-likeness (QED) is 0.868. The Kier molecular flexibility index (Phi) is 4.19. The lowest BCUT2D eigenvalue weighted by atomic mass is 9.94. The third-order valence-electron chi connectivity index (χ3n) is 3.47. The summed E-state index contributed by atoms with van der Waals surface area (Å²) in [6.07, 6.45) is 2.45. The van der Waals surface area contributed by atoms with Gasteiger partial charge in [-0.3, -0.25) is 0 Å². The molecule has 0 bridgehead atoms. The first-order chi connectivity index (χ1) is 8.20. The van der Waals surface area contributed by atoms with Crippen molar-refractivity contribution in [3.63, 3.8) is 0 Å². The first-order valence-corrected chi connectivity index (χ1v) is 6.61. The van der Waals surface area contributed by atoms with E-state index < -0.39 is 0 Å². The highest BCUT2D eigenvalue weighted by atomic mass is 16.5. The standard InChI is InChI=1S/C15H23NO/c1-11(2)9-12-3-5-13(6-4-12)15-14(10-16)7-8-17-15/h3-6,11,14-15H,7-10,16H2,1-2H3. The van der Waals surface area contributed by atoms with E-state index in [0.29, 0.717) is 11.8 Å². The predicted molar refractivity (Wildman–Crippen MR) is 70.8 cm³/mol. The van der Waals surface area contributed by atoms with Gasteiger partial charge in [-0.1, -0.05) is 38.1 Å². The molecule has 0 aromatic heterocycles. The minimum Gasteiger partial charge on any atom is -0.373 e. The maximum absolute atomic E-state index is 5.78. The molecule has 2 N–H and O–H groups in total. The average molecular weight is 233 g/mol. The molecule has 1 saturated heterocycles. The smallest absolute Gasteiger partial charge is 0.0865 e. The second kappa shape index (κ2) is 5.65. The van der Waals surface area contributed by atoms with Gasteiger partial charge in [0.05, 0.1) is 6.10 Å². The van der Waals surface area contributed by atoms with Crippen LogP contribution in [0.3, 0.4) is 0 Å². The highest BCUT2D eigenvalue weighted by Crippen LogP contribution is 2.33. The summed E-state index contributed by atoms with van der Waals surface area (Å²) in [5, 5.41) is 0. The summed E-state index contributed by atoms with van der Waals surface area (Å²) in [5.41, 5.74) is 8.47. The molecule has 0 radical (unpaired) electrons. The number of rotatable bonds is 4. The van der Waals surface area contributed by atoms with Crippen LogP contribution in [0.1, 0.15) is 37.5 Å². The van der Waals surface area contributed by atoms with Crippen molar-refractivity contribution in [2.24, 2.45) is 17.6 Å². The van der Waals surface area contributed by atoms with Crippen molar-refractivity contribution in [2.45, 2.75) is 32.8 Å². The summed E-state index contributed by atoms with van der Waals surface area (Å²) in [6.45, 7) is 6.07. The molecule has 17 heavy (non-hydrogen) atoms.